The van der Waals surface area contributed by atoms with Gasteiger partial charge in [-0.05, 0) is 66.3 Å². The molecule has 1 saturated heterocycles. The molecule has 0 aliphatic carbocycles. The highest BCUT2D eigenvalue weighted by Gasteiger charge is 2.29. The molecule has 1 N–H and O–H groups in total. The van der Waals surface area contributed by atoms with Crippen molar-refractivity contribution in [2.24, 2.45) is 5.92 Å². The fraction of sp³-hybridized carbons (Fsp3) is 0.346. The van der Waals surface area contributed by atoms with E-state index in [-0.39, 0.29) is 17.6 Å². The number of hydrogen-bond donors (Lipinski definition) is 1. The Morgan fingerprint density at radius 3 is 2.79 bits per heavy atom. The van der Waals surface area contributed by atoms with Gasteiger partial charge in [0, 0.05) is 44.3 Å². The number of aromatic nitrogens is 2. The number of carbonyl (C=O) groups is 1. The van der Waals surface area contributed by atoms with Crippen LogP contribution in [0.2, 0.25) is 5.02 Å². The summed E-state index contributed by atoms with van der Waals surface area (Å²) in [5.74, 6) is 0.599. The summed E-state index contributed by atoms with van der Waals surface area (Å²) in [6, 6.07) is 14.0. The highest BCUT2D eigenvalue weighted by atomic mass is 35.5. The summed E-state index contributed by atoms with van der Waals surface area (Å²) < 4.78 is 19.0. The minimum absolute atomic E-state index is 0.0870. The number of halogens is 2. The Morgan fingerprint density at radius 1 is 1.15 bits per heavy atom. The van der Waals surface area contributed by atoms with Crippen molar-refractivity contribution in [2.75, 3.05) is 25.1 Å². The third-order valence-corrected chi connectivity index (χ3v) is 6.90. The van der Waals surface area contributed by atoms with Gasteiger partial charge in [0.15, 0.2) is 0 Å². The summed E-state index contributed by atoms with van der Waals surface area (Å²) in [7, 11) is 0. The van der Waals surface area contributed by atoms with Crippen molar-refractivity contribution in [3.63, 3.8) is 0 Å². The van der Waals surface area contributed by atoms with Gasteiger partial charge in [0.25, 0.3) is 0 Å². The normalized spacial score (nSPS) is 16.2. The SMILES string of the molecule is O=C(C1CCOCC1)N1CCc2c(CNc3ccc(-c4cc(F)ccc4Cl)nn3)cccc2C1. The van der Waals surface area contributed by atoms with Gasteiger partial charge in [-0.25, -0.2) is 4.39 Å². The van der Waals surface area contributed by atoms with Crippen LogP contribution >= 0.6 is 11.6 Å². The first kappa shape index (κ1) is 22.7. The first-order chi connectivity index (χ1) is 16.6. The third-order valence-electron chi connectivity index (χ3n) is 6.57. The van der Waals surface area contributed by atoms with Gasteiger partial charge < -0.3 is 15.0 Å². The van der Waals surface area contributed by atoms with Crippen molar-refractivity contribution in [1.29, 1.82) is 0 Å². The molecule has 8 heteroatoms. The summed E-state index contributed by atoms with van der Waals surface area (Å²) in [5, 5.41) is 12.2. The Kier molecular flexibility index (Phi) is 6.74. The number of nitrogens with one attached hydrogen (secondary N) is 1. The monoisotopic (exact) mass is 480 g/mol. The van der Waals surface area contributed by atoms with Crippen LogP contribution in [0.3, 0.4) is 0 Å². The van der Waals surface area contributed by atoms with Crippen LogP contribution in [0.15, 0.2) is 48.5 Å². The Labute approximate surface area is 203 Å². The van der Waals surface area contributed by atoms with Crippen molar-refractivity contribution >= 4 is 23.3 Å². The first-order valence-corrected chi connectivity index (χ1v) is 12.0. The molecule has 0 spiro atoms. The van der Waals surface area contributed by atoms with Crippen LogP contribution in [0.25, 0.3) is 11.3 Å². The number of ether oxygens (including phenoxy) is 1. The van der Waals surface area contributed by atoms with E-state index in [0.29, 0.717) is 48.4 Å². The second-order valence-corrected chi connectivity index (χ2v) is 9.14. The van der Waals surface area contributed by atoms with Crippen LogP contribution in [-0.4, -0.2) is 40.8 Å². The highest BCUT2D eigenvalue weighted by molar-refractivity contribution is 6.33. The van der Waals surface area contributed by atoms with E-state index in [4.69, 9.17) is 16.3 Å². The maximum Gasteiger partial charge on any atom is 0.226 e. The number of benzene rings is 2. The van der Waals surface area contributed by atoms with E-state index in [1.54, 1.807) is 6.07 Å². The molecule has 34 heavy (non-hydrogen) atoms. The van der Waals surface area contributed by atoms with E-state index >= 15 is 0 Å². The molecule has 3 heterocycles. The molecule has 2 aromatic carbocycles. The quantitative estimate of drug-likeness (QED) is 0.565. The summed E-state index contributed by atoms with van der Waals surface area (Å²) in [4.78, 5) is 14.9. The van der Waals surface area contributed by atoms with Gasteiger partial charge in [0.1, 0.15) is 11.6 Å². The van der Waals surface area contributed by atoms with E-state index in [9.17, 15) is 9.18 Å². The molecule has 2 aliphatic heterocycles. The summed E-state index contributed by atoms with van der Waals surface area (Å²) in [6.07, 6.45) is 2.47. The summed E-state index contributed by atoms with van der Waals surface area (Å²) in [5.41, 5.74) is 4.71. The zero-order chi connectivity index (χ0) is 23.5. The molecule has 0 bridgehead atoms. The molecular weight excluding hydrogens is 455 g/mol. The summed E-state index contributed by atoms with van der Waals surface area (Å²) >= 11 is 6.17. The number of hydrogen-bond acceptors (Lipinski definition) is 5. The predicted octanol–water partition coefficient (Wildman–Crippen LogP) is 4.86. The molecule has 176 valence electrons. The average Bonchev–Trinajstić information content (AvgIpc) is 2.89. The Bertz CT molecular complexity index is 1180. The van der Waals surface area contributed by atoms with Crippen LogP contribution < -0.4 is 5.32 Å². The lowest BCUT2D eigenvalue weighted by molar-refractivity contribution is -0.139. The van der Waals surface area contributed by atoms with Crippen molar-refractivity contribution in [3.8, 4) is 11.3 Å². The Morgan fingerprint density at radius 2 is 2.00 bits per heavy atom. The van der Waals surface area contributed by atoms with E-state index < -0.39 is 0 Å². The second kappa shape index (κ2) is 10.1. The van der Waals surface area contributed by atoms with Gasteiger partial charge in [-0.2, -0.15) is 0 Å². The molecule has 0 unspecified atom stereocenters. The van der Waals surface area contributed by atoms with Crippen LogP contribution in [-0.2, 0) is 29.0 Å². The molecule has 1 amide bonds. The van der Waals surface area contributed by atoms with Gasteiger partial charge in [0.2, 0.25) is 5.91 Å². The Hall–Kier alpha value is -3.03. The number of rotatable bonds is 5. The van der Waals surface area contributed by atoms with Gasteiger partial charge >= 0.3 is 0 Å². The number of anilines is 1. The van der Waals surface area contributed by atoms with Crippen LogP contribution in [0.1, 0.15) is 29.5 Å². The molecule has 2 aliphatic rings. The van der Waals surface area contributed by atoms with E-state index in [0.717, 1.165) is 25.8 Å². The molecule has 1 fully saturated rings. The van der Waals surface area contributed by atoms with Crippen LogP contribution in [0.4, 0.5) is 10.2 Å². The highest BCUT2D eigenvalue weighted by Crippen LogP contribution is 2.28. The molecule has 0 saturated carbocycles. The van der Waals surface area contributed by atoms with Gasteiger partial charge in [0.05, 0.1) is 10.7 Å². The average molecular weight is 481 g/mol. The topological polar surface area (TPSA) is 67.3 Å². The largest absolute Gasteiger partial charge is 0.381 e. The molecule has 0 radical (unpaired) electrons. The molecule has 3 aromatic rings. The van der Waals surface area contributed by atoms with Crippen molar-refractivity contribution in [1.82, 2.24) is 15.1 Å². The van der Waals surface area contributed by atoms with Crippen molar-refractivity contribution < 1.29 is 13.9 Å². The van der Waals surface area contributed by atoms with Crippen LogP contribution in [0, 0.1) is 11.7 Å². The van der Waals surface area contributed by atoms with Gasteiger partial charge in [-0.3, -0.25) is 4.79 Å². The third kappa shape index (κ3) is 4.91. The number of carbonyl (C=O) groups excluding carboxylic acids is 1. The maximum atomic E-state index is 13.6. The zero-order valence-electron chi connectivity index (χ0n) is 18.8. The molecule has 5 rings (SSSR count). The van der Waals surface area contributed by atoms with E-state index in [2.05, 4.69) is 27.6 Å². The fourth-order valence-corrected chi connectivity index (χ4v) is 4.91. The minimum atomic E-state index is -0.370. The zero-order valence-corrected chi connectivity index (χ0v) is 19.5. The number of amides is 1. The smallest absolute Gasteiger partial charge is 0.226 e. The number of fused-ring (bicyclic) bond motifs is 1. The lowest BCUT2D eigenvalue weighted by atomic mass is 9.92. The molecular formula is C26H26ClFN4O2. The Balaban J connectivity index is 1.24. The molecule has 0 atom stereocenters. The fourth-order valence-electron chi connectivity index (χ4n) is 4.69. The van der Waals surface area contributed by atoms with E-state index in [1.807, 2.05) is 17.0 Å². The molecule has 6 nitrogen and oxygen atoms in total. The van der Waals surface area contributed by atoms with Crippen molar-refractivity contribution in [2.45, 2.75) is 32.4 Å². The first-order valence-electron chi connectivity index (χ1n) is 11.6. The standard InChI is InChI=1S/C26H26ClFN4O2/c27-23-5-4-20(28)14-22(23)24-6-7-25(31-30-24)29-15-18-2-1-3-19-16-32(11-8-21(18)19)26(33)17-9-12-34-13-10-17/h1-7,14,17H,8-13,15-16H2,(H,29,31). The van der Waals surface area contributed by atoms with Gasteiger partial charge in [-0.1, -0.05) is 29.8 Å². The molecule has 1 aromatic heterocycles. The number of nitrogens with zero attached hydrogens (tertiary/aromatic N) is 3. The van der Waals surface area contributed by atoms with E-state index in [1.165, 1.54) is 34.9 Å². The minimum Gasteiger partial charge on any atom is -0.381 e. The second-order valence-electron chi connectivity index (χ2n) is 8.73. The lowest BCUT2D eigenvalue weighted by Gasteiger charge is -2.34. The lowest BCUT2D eigenvalue weighted by Crippen LogP contribution is -2.41. The van der Waals surface area contributed by atoms with Crippen LogP contribution in [0.5, 0.6) is 0 Å². The maximum absolute atomic E-state index is 13.6. The predicted molar refractivity (Wildman–Crippen MR) is 129 cm³/mol. The summed E-state index contributed by atoms with van der Waals surface area (Å²) in [6.45, 7) is 3.35. The van der Waals surface area contributed by atoms with Crippen molar-refractivity contribution in [3.05, 3.63) is 76.1 Å². The van der Waals surface area contributed by atoms with Gasteiger partial charge in [-0.15, -0.1) is 10.2 Å².